The number of alkyl halides is 3. The van der Waals surface area contributed by atoms with Crippen LogP contribution in [0.5, 0.6) is 0 Å². The van der Waals surface area contributed by atoms with E-state index in [4.69, 9.17) is 4.74 Å². The molecular weight excluding hydrogens is 255 g/mol. The predicted molar refractivity (Wildman–Crippen MR) is 70.1 cm³/mol. The van der Waals surface area contributed by atoms with E-state index in [0.717, 1.165) is 32.2 Å². The molecule has 0 amide bonds. The van der Waals surface area contributed by atoms with Crippen LogP contribution >= 0.6 is 0 Å². The standard InChI is InChI=1S/C14H26F3NO/c1-4-18-9-13(19-10-14(15,16)17)7-5-12(6-8-13)11(2)3/h11-12,18H,4-10H2,1-3H3. The van der Waals surface area contributed by atoms with Crippen LogP contribution in [0.3, 0.4) is 0 Å². The molecule has 1 aliphatic carbocycles. The fourth-order valence-corrected chi connectivity index (χ4v) is 2.79. The van der Waals surface area contributed by atoms with Gasteiger partial charge in [0.1, 0.15) is 6.61 Å². The van der Waals surface area contributed by atoms with Gasteiger partial charge in [0, 0.05) is 6.54 Å². The van der Waals surface area contributed by atoms with Gasteiger partial charge in [-0.15, -0.1) is 0 Å². The molecule has 0 spiro atoms. The van der Waals surface area contributed by atoms with Crippen LogP contribution < -0.4 is 5.32 Å². The van der Waals surface area contributed by atoms with Crippen LogP contribution in [0.15, 0.2) is 0 Å². The van der Waals surface area contributed by atoms with Crippen molar-refractivity contribution in [2.45, 2.75) is 58.2 Å². The van der Waals surface area contributed by atoms with E-state index in [1.807, 2.05) is 6.92 Å². The fourth-order valence-electron chi connectivity index (χ4n) is 2.79. The summed E-state index contributed by atoms with van der Waals surface area (Å²) in [6.07, 6.45) is -0.881. The molecule has 0 heterocycles. The lowest BCUT2D eigenvalue weighted by molar-refractivity contribution is -0.212. The summed E-state index contributed by atoms with van der Waals surface area (Å²) in [4.78, 5) is 0. The zero-order valence-corrected chi connectivity index (χ0v) is 12.1. The Bertz CT molecular complexity index is 258. The lowest BCUT2D eigenvalue weighted by atomic mass is 9.74. The highest BCUT2D eigenvalue weighted by molar-refractivity contribution is 4.90. The molecule has 2 nitrogen and oxygen atoms in total. The number of rotatable bonds is 6. The molecule has 1 rings (SSSR count). The van der Waals surface area contributed by atoms with Crippen molar-refractivity contribution < 1.29 is 17.9 Å². The van der Waals surface area contributed by atoms with Crippen molar-refractivity contribution in [1.82, 2.24) is 5.32 Å². The molecule has 0 unspecified atom stereocenters. The van der Waals surface area contributed by atoms with Gasteiger partial charge < -0.3 is 10.1 Å². The molecule has 1 N–H and O–H groups in total. The van der Waals surface area contributed by atoms with E-state index in [1.165, 1.54) is 0 Å². The molecule has 1 saturated carbocycles. The average Bonchev–Trinajstić information content (AvgIpc) is 2.34. The lowest BCUT2D eigenvalue weighted by Crippen LogP contribution is -2.48. The Balaban J connectivity index is 2.57. The topological polar surface area (TPSA) is 21.3 Å². The molecule has 0 bridgehead atoms. The summed E-state index contributed by atoms with van der Waals surface area (Å²) in [5, 5.41) is 3.15. The van der Waals surface area contributed by atoms with Gasteiger partial charge in [-0.3, -0.25) is 0 Å². The first kappa shape index (κ1) is 16.8. The van der Waals surface area contributed by atoms with E-state index in [2.05, 4.69) is 19.2 Å². The van der Waals surface area contributed by atoms with E-state index >= 15 is 0 Å². The van der Waals surface area contributed by atoms with Gasteiger partial charge >= 0.3 is 6.18 Å². The first-order valence-corrected chi connectivity index (χ1v) is 7.19. The summed E-state index contributed by atoms with van der Waals surface area (Å²) < 4.78 is 42.4. The van der Waals surface area contributed by atoms with Crippen molar-refractivity contribution in [2.75, 3.05) is 19.7 Å². The van der Waals surface area contributed by atoms with Crippen LogP contribution in [0.1, 0.15) is 46.5 Å². The summed E-state index contributed by atoms with van der Waals surface area (Å²) in [6, 6.07) is 0. The van der Waals surface area contributed by atoms with Crippen molar-refractivity contribution in [2.24, 2.45) is 11.8 Å². The third-order valence-corrected chi connectivity index (χ3v) is 4.12. The normalized spacial score (nSPS) is 28.9. The molecule has 5 heteroatoms. The highest BCUT2D eigenvalue weighted by atomic mass is 19.4. The molecule has 0 radical (unpaired) electrons. The van der Waals surface area contributed by atoms with Gasteiger partial charge in [0.05, 0.1) is 5.60 Å². The van der Waals surface area contributed by atoms with Crippen molar-refractivity contribution in [3.05, 3.63) is 0 Å². The molecule has 19 heavy (non-hydrogen) atoms. The zero-order valence-electron chi connectivity index (χ0n) is 12.1. The van der Waals surface area contributed by atoms with E-state index in [-0.39, 0.29) is 0 Å². The van der Waals surface area contributed by atoms with Crippen molar-refractivity contribution in [3.63, 3.8) is 0 Å². The van der Waals surface area contributed by atoms with Crippen LogP contribution in [0, 0.1) is 11.8 Å². The van der Waals surface area contributed by atoms with Gasteiger partial charge in [-0.25, -0.2) is 0 Å². The smallest absolute Gasteiger partial charge is 0.364 e. The Hall–Kier alpha value is -0.290. The Morgan fingerprint density at radius 2 is 1.84 bits per heavy atom. The minimum atomic E-state index is -4.24. The van der Waals surface area contributed by atoms with Gasteiger partial charge in [0.2, 0.25) is 0 Å². The third-order valence-electron chi connectivity index (χ3n) is 4.12. The number of halogens is 3. The van der Waals surface area contributed by atoms with Gasteiger partial charge in [-0.2, -0.15) is 13.2 Å². The van der Waals surface area contributed by atoms with Crippen LogP contribution in [-0.2, 0) is 4.74 Å². The average molecular weight is 281 g/mol. The summed E-state index contributed by atoms with van der Waals surface area (Å²) in [7, 11) is 0. The largest absolute Gasteiger partial charge is 0.411 e. The summed E-state index contributed by atoms with van der Waals surface area (Å²) in [5.41, 5.74) is -0.628. The van der Waals surface area contributed by atoms with Crippen LogP contribution in [0.25, 0.3) is 0 Å². The van der Waals surface area contributed by atoms with Gasteiger partial charge in [0.25, 0.3) is 0 Å². The van der Waals surface area contributed by atoms with Crippen molar-refractivity contribution >= 4 is 0 Å². The quantitative estimate of drug-likeness (QED) is 0.800. The molecule has 0 saturated heterocycles. The molecule has 114 valence electrons. The van der Waals surface area contributed by atoms with E-state index in [0.29, 0.717) is 18.4 Å². The van der Waals surface area contributed by atoms with Gasteiger partial charge in [-0.1, -0.05) is 20.8 Å². The number of hydrogen-bond acceptors (Lipinski definition) is 2. The van der Waals surface area contributed by atoms with Crippen molar-refractivity contribution in [3.8, 4) is 0 Å². The molecule has 1 fully saturated rings. The Morgan fingerprint density at radius 1 is 1.26 bits per heavy atom. The molecule has 0 aromatic carbocycles. The minimum Gasteiger partial charge on any atom is -0.364 e. The lowest BCUT2D eigenvalue weighted by Gasteiger charge is -2.41. The molecule has 1 aliphatic rings. The van der Waals surface area contributed by atoms with E-state index in [1.54, 1.807) is 0 Å². The second-order valence-electron chi connectivity index (χ2n) is 5.95. The Kier molecular flexibility index (Phi) is 6.12. The Labute approximate surface area is 114 Å². The molecule has 0 atom stereocenters. The van der Waals surface area contributed by atoms with Crippen molar-refractivity contribution in [1.29, 1.82) is 0 Å². The maximum Gasteiger partial charge on any atom is 0.411 e. The monoisotopic (exact) mass is 281 g/mol. The molecule has 0 aromatic rings. The van der Waals surface area contributed by atoms with E-state index in [9.17, 15) is 13.2 Å². The zero-order chi connectivity index (χ0) is 14.5. The maximum atomic E-state index is 12.4. The SMILES string of the molecule is CCNCC1(OCC(F)(F)F)CCC(C(C)C)CC1. The number of ether oxygens (including phenoxy) is 1. The predicted octanol–water partition coefficient (Wildman–Crippen LogP) is 3.76. The molecule has 0 aliphatic heterocycles. The maximum absolute atomic E-state index is 12.4. The first-order valence-electron chi connectivity index (χ1n) is 7.19. The van der Waals surface area contributed by atoms with Crippen LogP contribution in [0.4, 0.5) is 13.2 Å². The van der Waals surface area contributed by atoms with Crippen LogP contribution in [0.2, 0.25) is 0 Å². The summed E-state index contributed by atoms with van der Waals surface area (Å²) >= 11 is 0. The summed E-state index contributed by atoms with van der Waals surface area (Å²) in [6.45, 7) is 6.45. The highest BCUT2D eigenvalue weighted by Gasteiger charge is 2.40. The highest BCUT2D eigenvalue weighted by Crippen LogP contribution is 2.38. The second kappa shape index (κ2) is 6.93. The first-order chi connectivity index (χ1) is 8.78. The fraction of sp³-hybridized carbons (Fsp3) is 1.00. The number of nitrogens with one attached hydrogen (secondary N) is 1. The Morgan fingerprint density at radius 3 is 2.26 bits per heavy atom. The third kappa shape index (κ3) is 5.69. The minimum absolute atomic E-state index is 0.518. The van der Waals surface area contributed by atoms with Gasteiger partial charge in [0.15, 0.2) is 0 Å². The summed E-state index contributed by atoms with van der Waals surface area (Å²) in [5.74, 6) is 1.21. The van der Waals surface area contributed by atoms with Gasteiger partial charge in [-0.05, 0) is 44.1 Å². The number of likely N-dealkylation sites (N-methyl/N-ethyl adjacent to an activating group) is 1. The van der Waals surface area contributed by atoms with E-state index < -0.39 is 18.4 Å². The second-order valence-corrected chi connectivity index (χ2v) is 5.95. The molecule has 0 aromatic heterocycles. The molecular formula is C14H26F3NO. The van der Waals surface area contributed by atoms with Crippen LogP contribution in [-0.4, -0.2) is 31.5 Å². The number of hydrogen-bond donors (Lipinski definition) is 1.